The Morgan fingerprint density at radius 1 is 1.06 bits per heavy atom. The molecule has 0 bridgehead atoms. The van der Waals surface area contributed by atoms with Gasteiger partial charge in [0.15, 0.2) is 0 Å². The second-order valence-corrected chi connectivity index (χ2v) is 10.5. The van der Waals surface area contributed by atoms with Gasteiger partial charge in [0.05, 0.1) is 17.7 Å². The fourth-order valence-electron chi connectivity index (χ4n) is 6.17. The predicted molar refractivity (Wildman–Crippen MR) is 136 cm³/mol. The van der Waals surface area contributed by atoms with E-state index in [-0.39, 0.29) is 11.1 Å². The molecule has 1 saturated carbocycles. The highest BCUT2D eigenvalue weighted by Gasteiger charge is 2.49. The number of hydrogen-bond donors (Lipinski definition) is 0. The Hall–Kier alpha value is -2.86. The minimum absolute atomic E-state index is 0.0587. The molecule has 1 aliphatic heterocycles. The summed E-state index contributed by atoms with van der Waals surface area (Å²) in [6.07, 6.45) is 8.18. The van der Waals surface area contributed by atoms with Crippen LogP contribution >= 0.6 is 11.6 Å². The highest BCUT2D eigenvalue weighted by atomic mass is 35.5. The predicted octanol–water partition coefficient (Wildman–Crippen LogP) is 4.92. The van der Waals surface area contributed by atoms with Crippen LogP contribution in [0.4, 0.5) is 5.95 Å². The van der Waals surface area contributed by atoms with E-state index in [2.05, 4.69) is 24.3 Å². The summed E-state index contributed by atoms with van der Waals surface area (Å²) in [6, 6.07) is 16.6. The van der Waals surface area contributed by atoms with Gasteiger partial charge in [0.25, 0.3) is 0 Å². The molecular formula is C27H30ClN5O. The molecule has 2 aromatic carbocycles. The Kier molecular flexibility index (Phi) is 5.36. The summed E-state index contributed by atoms with van der Waals surface area (Å²) in [5.74, 6) is 1.16. The summed E-state index contributed by atoms with van der Waals surface area (Å²) in [6.45, 7) is 1.37. The molecule has 1 aromatic heterocycles. The van der Waals surface area contributed by atoms with Crippen molar-refractivity contribution in [3.05, 3.63) is 80.7 Å². The van der Waals surface area contributed by atoms with Crippen molar-refractivity contribution in [2.24, 2.45) is 18.1 Å². The minimum Gasteiger partial charge on any atom is -0.263 e. The topological polar surface area (TPSA) is 55.4 Å². The van der Waals surface area contributed by atoms with Crippen LogP contribution in [0.5, 0.6) is 0 Å². The number of rotatable bonds is 4. The molecule has 1 atom stereocenters. The average molecular weight is 476 g/mol. The van der Waals surface area contributed by atoms with Crippen molar-refractivity contribution in [1.29, 1.82) is 0 Å². The first kappa shape index (κ1) is 21.7. The van der Waals surface area contributed by atoms with E-state index in [1.54, 1.807) is 9.25 Å². The maximum atomic E-state index is 13.1. The van der Waals surface area contributed by atoms with Gasteiger partial charge in [-0.05, 0) is 60.4 Å². The monoisotopic (exact) mass is 475 g/mol. The maximum Gasteiger partial charge on any atom is 0.347 e. The number of hydrogen-bond acceptors (Lipinski definition) is 4. The van der Waals surface area contributed by atoms with E-state index in [9.17, 15) is 4.79 Å². The van der Waals surface area contributed by atoms with E-state index < -0.39 is 0 Å². The smallest absolute Gasteiger partial charge is 0.263 e. The van der Waals surface area contributed by atoms with Crippen molar-refractivity contribution in [3.63, 3.8) is 0 Å². The van der Waals surface area contributed by atoms with E-state index in [0.29, 0.717) is 30.0 Å². The number of benzene rings is 2. The van der Waals surface area contributed by atoms with Gasteiger partial charge in [0.2, 0.25) is 5.95 Å². The van der Waals surface area contributed by atoms with Crippen molar-refractivity contribution in [2.45, 2.75) is 56.9 Å². The molecule has 7 heteroatoms. The highest BCUT2D eigenvalue weighted by Crippen LogP contribution is 2.46. The number of nitrogens with zero attached hydrogens (tertiary/aromatic N) is 5. The van der Waals surface area contributed by atoms with Crippen LogP contribution in [0, 0.1) is 5.92 Å². The Labute approximate surface area is 204 Å². The zero-order valence-corrected chi connectivity index (χ0v) is 20.3. The zero-order chi connectivity index (χ0) is 23.3. The van der Waals surface area contributed by atoms with Crippen LogP contribution in [-0.2, 0) is 25.4 Å². The van der Waals surface area contributed by atoms with Gasteiger partial charge >= 0.3 is 5.69 Å². The van der Waals surface area contributed by atoms with Crippen molar-refractivity contribution in [1.82, 2.24) is 14.3 Å². The van der Waals surface area contributed by atoms with Gasteiger partial charge in [-0.2, -0.15) is 5.10 Å². The van der Waals surface area contributed by atoms with Gasteiger partial charge in [0, 0.05) is 18.6 Å². The molecule has 6 nitrogen and oxygen atoms in total. The highest BCUT2D eigenvalue weighted by molar-refractivity contribution is 6.30. The lowest BCUT2D eigenvalue weighted by Crippen LogP contribution is -2.37. The Morgan fingerprint density at radius 2 is 1.82 bits per heavy atom. The number of fused-ring (bicyclic) bond motifs is 2. The number of aromatic nitrogens is 3. The Balaban J connectivity index is 1.41. The quantitative estimate of drug-likeness (QED) is 0.538. The summed E-state index contributed by atoms with van der Waals surface area (Å²) in [5, 5.41) is 12.6. The third kappa shape index (κ3) is 3.50. The average Bonchev–Trinajstić information content (AvgIpc) is 3.51. The van der Waals surface area contributed by atoms with Crippen LogP contribution in [0.2, 0.25) is 5.02 Å². The molecular weight excluding hydrogens is 446 g/mol. The lowest BCUT2D eigenvalue weighted by Gasteiger charge is -2.27. The van der Waals surface area contributed by atoms with E-state index in [0.717, 1.165) is 24.1 Å². The van der Waals surface area contributed by atoms with Gasteiger partial charge < -0.3 is 0 Å². The number of anilines is 1. The van der Waals surface area contributed by atoms with Gasteiger partial charge in [-0.1, -0.05) is 67.3 Å². The van der Waals surface area contributed by atoms with Gasteiger partial charge in [0.1, 0.15) is 0 Å². The first-order chi connectivity index (χ1) is 16.5. The largest absolute Gasteiger partial charge is 0.347 e. The van der Waals surface area contributed by atoms with Gasteiger partial charge in [-0.15, -0.1) is 5.10 Å². The first-order valence-electron chi connectivity index (χ1n) is 12.4. The second-order valence-electron chi connectivity index (χ2n) is 10.1. The van der Waals surface area contributed by atoms with E-state index in [4.69, 9.17) is 21.8 Å². The number of halogens is 1. The SMILES string of the molecule is Cn1c(N2C[C@]3(CCc4ccccc43)C(c3ccc(Cl)cc3)=N2)nn(CC2CCCCC2)c1=O. The van der Waals surface area contributed by atoms with Crippen LogP contribution in [0.3, 0.4) is 0 Å². The van der Waals surface area contributed by atoms with Crippen LogP contribution < -0.4 is 10.7 Å². The van der Waals surface area contributed by atoms with E-state index in [1.807, 2.05) is 36.3 Å². The Bertz CT molecular complexity index is 1300. The number of aryl methyl sites for hydroxylation is 1. The van der Waals surface area contributed by atoms with Crippen LogP contribution in [0.1, 0.15) is 55.2 Å². The normalized spacial score (nSPS) is 22.4. The molecule has 0 radical (unpaired) electrons. The van der Waals surface area contributed by atoms with Crippen LogP contribution in [0.15, 0.2) is 58.4 Å². The fourth-order valence-corrected chi connectivity index (χ4v) is 6.30. The minimum atomic E-state index is -0.229. The summed E-state index contributed by atoms with van der Waals surface area (Å²) >= 11 is 6.19. The third-order valence-corrected chi connectivity index (χ3v) is 8.22. The van der Waals surface area contributed by atoms with E-state index in [1.165, 1.54) is 43.2 Å². The van der Waals surface area contributed by atoms with Crippen LogP contribution in [-0.4, -0.2) is 26.6 Å². The van der Waals surface area contributed by atoms with Gasteiger partial charge in [-0.3, -0.25) is 4.57 Å². The Morgan fingerprint density at radius 3 is 2.62 bits per heavy atom. The van der Waals surface area contributed by atoms with Crippen molar-refractivity contribution < 1.29 is 0 Å². The molecule has 0 N–H and O–H groups in total. The molecule has 0 amide bonds. The second kappa shape index (κ2) is 8.42. The maximum absolute atomic E-state index is 13.1. The molecule has 34 heavy (non-hydrogen) atoms. The summed E-state index contributed by atoms with van der Waals surface area (Å²) in [7, 11) is 1.81. The molecule has 1 fully saturated rings. The molecule has 3 aliphatic rings. The molecule has 2 aliphatic carbocycles. The lowest BCUT2D eigenvalue weighted by molar-refractivity contribution is 0.304. The molecule has 6 rings (SSSR count). The summed E-state index contributed by atoms with van der Waals surface area (Å²) < 4.78 is 3.32. The van der Waals surface area contributed by atoms with E-state index >= 15 is 0 Å². The van der Waals surface area contributed by atoms with Crippen molar-refractivity contribution >= 4 is 23.3 Å². The van der Waals surface area contributed by atoms with Crippen LogP contribution in [0.25, 0.3) is 0 Å². The summed E-state index contributed by atoms with van der Waals surface area (Å²) in [4.78, 5) is 13.1. The first-order valence-corrected chi connectivity index (χ1v) is 12.8. The molecule has 2 heterocycles. The fraction of sp³-hybridized carbons (Fsp3) is 0.444. The van der Waals surface area contributed by atoms with Crippen molar-refractivity contribution in [2.75, 3.05) is 11.6 Å². The molecule has 3 aromatic rings. The lowest BCUT2D eigenvalue weighted by atomic mass is 9.75. The standard InChI is InChI=1S/C27H30ClN5O/c1-31-25(30-32(26(31)34)17-19-7-3-2-4-8-19)33-18-27(16-15-20-9-5-6-10-23(20)27)24(29-33)21-11-13-22(28)14-12-21/h5-6,9-14,19H,2-4,7-8,15-18H2,1H3/t27-/m0/s1. The molecule has 0 saturated heterocycles. The third-order valence-electron chi connectivity index (χ3n) is 7.97. The van der Waals surface area contributed by atoms with Crippen molar-refractivity contribution in [3.8, 4) is 0 Å². The van der Waals surface area contributed by atoms with Gasteiger partial charge in [-0.25, -0.2) is 14.5 Å². The molecule has 176 valence electrons. The zero-order valence-electron chi connectivity index (χ0n) is 19.6. The molecule has 0 unspecified atom stereocenters. The number of hydrazone groups is 1. The molecule has 1 spiro atoms. The summed E-state index contributed by atoms with van der Waals surface area (Å²) in [5.41, 5.74) is 4.52.